The van der Waals surface area contributed by atoms with Gasteiger partial charge in [0.15, 0.2) is 11.5 Å². The summed E-state index contributed by atoms with van der Waals surface area (Å²) in [6.45, 7) is 5.67. The Kier molecular flexibility index (Phi) is 14.2. The smallest absolute Gasteiger partial charge is 0.166 e. The Balaban J connectivity index is 0.00000338. The summed E-state index contributed by atoms with van der Waals surface area (Å²) in [5, 5.41) is 7.32. The number of hydrogen-bond donors (Lipinski definition) is 2. The van der Waals surface area contributed by atoms with Gasteiger partial charge in [0.2, 0.25) is 0 Å². The highest BCUT2D eigenvalue weighted by molar-refractivity contribution is 6.31. The fraction of sp³-hybridized carbons (Fsp3) is 0.400. The maximum Gasteiger partial charge on any atom is 0.166 e. The molecular formula is C20H29Cl3N2O2. The van der Waals surface area contributed by atoms with Crippen LogP contribution in [-0.2, 0) is 13.2 Å². The molecule has 2 rings (SSSR count). The fourth-order valence-electron chi connectivity index (χ4n) is 2.51. The van der Waals surface area contributed by atoms with Crippen LogP contribution in [0.1, 0.15) is 24.5 Å². The average molecular weight is 436 g/mol. The van der Waals surface area contributed by atoms with Crippen molar-refractivity contribution in [2.75, 3.05) is 26.7 Å². The van der Waals surface area contributed by atoms with E-state index in [1.54, 1.807) is 0 Å². The second-order valence-electron chi connectivity index (χ2n) is 5.69. The molecule has 0 atom stereocenters. The minimum absolute atomic E-state index is 0. The van der Waals surface area contributed by atoms with Gasteiger partial charge >= 0.3 is 0 Å². The minimum Gasteiger partial charge on any atom is -0.490 e. The maximum atomic E-state index is 6.23. The van der Waals surface area contributed by atoms with E-state index in [1.165, 1.54) is 0 Å². The lowest BCUT2D eigenvalue weighted by molar-refractivity contribution is 0.266. The number of benzene rings is 2. The number of ether oxygens (including phenoxy) is 2. The molecule has 2 aromatic carbocycles. The summed E-state index contributed by atoms with van der Waals surface area (Å²) in [6.07, 6.45) is 1.08. The van der Waals surface area contributed by atoms with Gasteiger partial charge in [-0.05, 0) is 45.6 Å². The molecule has 0 spiro atoms. The van der Waals surface area contributed by atoms with Gasteiger partial charge in [-0.1, -0.05) is 41.9 Å². The van der Waals surface area contributed by atoms with E-state index in [4.69, 9.17) is 21.1 Å². The van der Waals surface area contributed by atoms with Gasteiger partial charge in [-0.2, -0.15) is 0 Å². The van der Waals surface area contributed by atoms with Crippen molar-refractivity contribution in [2.45, 2.75) is 26.5 Å². The summed E-state index contributed by atoms with van der Waals surface area (Å²) in [4.78, 5) is 0. The van der Waals surface area contributed by atoms with E-state index in [0.717, 1.165) is 48.7 Å². The molecule has 0 saturated heterocycles. The number of halogens is 3. The highest BCUT2D eigenvalue weighted by atomic mass is 35.5. The predicted molar refractivity (Wildman–Crippen MR) is 118 cm³/mol. The molecular weight excluding hydrogens is 407 g/mol. The molecule has 0 aliphatic heterocycles. The molecule has 0 aliphatic rings. The quantitative estimate of drug-likeness (QED) is 0.495. The lowest BCUT2D eigenvalue weighted by atomic mass is 10.1. The molecule has 0 aliphatic carbocycles. The third kappa shape index (κ3) is 8.58. The van der Waals surface area contributed by atoms with Crippen LogP contribution < -0.4 is 20.1 Å². The van der Waals surface area contributed by atoms with Gasteiger partial charge < -0.3 is 20.1 Å². The molecule has 2 aromatic rings. The molecule has 0 unspecified atom stereocenters. The van der Waals surface area contributed by atoms with E-state index in [9.17, 15) is 0 Å². The molecule has 0 saturated carbocycles. The van der Waals surface area contributed by atoms with Crippen LogP contribution in [0.15, 0.2) is 42.5 Å². The topological polar surface area (TPSA) is 42.5 Å². The van der Waals surface area contributed by atoms with Crippen molar-refractivity contribution < 1.29 is 9.47 Å². The van der Waals surface area contributed by atoms with E-state index in [1.807, 2.05) is 50.4 Å². The van der Waals surface area contributed by atoms with Crippen molar-refractivity contribution in [3.05, 3.63) is 58.6 Å². The summed E-state index contributed by atoms with van der Waals surface area (Å²) >= 11 is 6.23. The van der Waals surface area contributed by atoms with Gasteiger partial charge in [-0.25, -0.2) is 0 Å². The number of para-hydroxylation sites is 1. The van der Waals surface area contributed by atoms with Crippen molar-refractivity contribution in [1.82, 2.24) is 10.6 Å². The average Bonchev–Trinajstić information content (AvgIpc) is 2.62. The zero-order valence-corrected chi connectivity index (χ0v) is 18.2. The molecule has 0 aromatic heterocycles. The van der Waals surface area contributed by atoms with Crippen LogP contribution >= 0.6 is 36.4 Å². The Morgan fingerprint density at radius 2 is 1.67 bits per heavy atom. The first-order valence-corrected chi connectivity index (χ1v) is 9.10. The molecule has 0 radical (unpaired) electrons. The molecule has 4 nitrogen and oxygen atoms in total. The van der Waals surface area contributed by atoms with Crippen molar-refractivity contribution in [3.63, 3.8) is 0 Å². The normalized spacial score (nSPS) is 9.89. The van der Waals surface area contributed by atoms with Crippen molar-refractivity contribution in [3.8, 4) is 11.5 Å². The van der Waals surface area contributed by atoms with Crippen molar-refractivity contribution in [1.29, 1.82) is 0 Å². The Labute approximate surface area is 179 Å². The van der Waals surface area contributed by atoms with Crippen LogP contribution in [0, 0.1) is 0 Å². The molecule has 7 heteroatoms. The third-order valence-corrected chi connectivity index (χ3v) is 4.15. The maximum absolute atomic E-state index is 6.23. The summed E-state index contributed by atoms with van der Waals surface area (Å²) in [6, 6.07) is 13.7. The van der Waals surface area contributed by atoms with Crippen molar-refractivity contribution >= 4 is 36.4 Å². The Hall–Kier alpha value is -1.17. The van der Waals surface area contributed by atoms with E-state index in [2.05, 4.69) is 16.7 Å². The molecule has 0 fully saturated rings. The van der Waals surface area contributed by atoms with E-state index >= 15 is 0 Å². The largest absolute Gasteiger partial charge is 0.490 e. The van der Waals surface area contributed by atoms with Crippen LogP contribution in [0.5, 0.6) is 11.5 Å². The Morgan fingerprint density at radius 1 is 0.926 bits per heavy atom. The highest BCUT2D eigenvalue weighted by Crippen LogP contribution is 2.32. The number of hydrogen-bond acceptors (Lipinski definition) is 4. The summed E-state index contributed by atoms with van der Waals surface area (Å²) in [5.41, 5.74) is 2.05. The first-order valence-electron chi connectivity index (χ1n) is 8.72. The van der Waals surface area contributed by atoms with Gasteiger partial charge in [0, 0.05) is 22.7 Å². The summed E-state index contributed by atoms with van der Waals surface area (Å²) in [7, 11) is 1.96. The molecule has 152 valence electrons. The second kappa shape index (κ2) is 14.8. The first kappa shape index (κ1) is 25.8. The van der Waals surface area contributed by atoms with Crippen LogP contribution in [0.2, 0.25) is 5.02 Å². The van der Waals surface area contributed by atoms with Gasteiger partial charge in [-0.15, -0.1) is 24.8 Å². The third-order valence-electron chi connectivity index (χ3n) is 3.79. The first-order chi connectivity index (χ1) is 12.3. The van der Waals surface area contributed by atoms with Crippen LogP contribution in [-0.4, -0.2) is 26.7 Å². The predicted octanol–water partition coefficient (Wildman–Crippen LogP) is 4.86. The molecule has 2 N–H and O–H groups in total. The van der Waals surface area contributed by atoms with Gasteiger partial charge in [0.05, 0.1) is 6.61 Å². The Bertz CT molecular complexity index is 657. The number of rotatable bonds is 11. The van der Waals surface area contributed by atoms with E-state index < -0.39 is 0 Å². The SMILES string of the molecule is CCOc1cccc(CNCCCNC)c1OCc1ccccc1Cl.Cl.Cl. The van der Waals surface area contributed by atoms with Crippen molar-refractivity contribution in [2.24, 2.45) is 0 Å². The molecule has 27 heavy (non-hydrogen) atoms. The van der Waals surface area contributed by atoms with Crippen LogP contribution in [0.4, 0.5) is 0 Å². The Morgan fingerprint density at radius 3 is 2.37 bits per heavy atom. The fourth-order valence-corrected chi connectivity index (χ4v) is 2.70. The van der Waals surface area contributed by atoms with Gasteiger partial charge in [-0.3, -0.25) is 0 Å². The van der Waals surface area contributed by atoms with Crippen LogP contribution in [0.25, 0.3) is 0 Å². The number of nitrogens with one attached hydrogen (secondary N) is 2. The second-order valence-corrected chi connectivity index (χ2v) is 6.10. The molecule has 0 amide bonds. The minimum atomic E-state index is 0. The van der Waals surface area contributed by atoms with Crippen LogP contribution in [0.3, 0.4) is 0 Å². The van der Waals surface area contributed by atoms with E-state index in [0.29, 0.717) is 18.2 Å². The lowest BCUT2D eigenvalue weighted by Crippen LogP contribution is -2.20. The summed E-state index contributed by atoms with van der Waals surface area (Å²) in [5.74, 6) is 1.55. The molecule has 0 bridgehead atoms. The lowest BCUT2D eigenvalue weighted by Gasteiger charge is -2.17. The zero-order valence-electron chi connectivity index (χ0n) is 15.8. The highest BCUT2D eigenvalue weighted by Gasteiger charge is 2.12. The summed E-state index contributed by atoms with van der Waals surface area (Å²) < 4.78 is 11.8. The van der Waals surface area contributed by atoms with Gasteiger partial charge in [0.1, 0.15) is 6.61 Å². The monoisotopic (exact) mass is 434 g/mol. The molecule has 0 heterocycles. The zero-order chi connectivity index (χ0) is 17.9. The van der Waals surface area contributed by atoms with Gasteiger partial charge in [0.25, 0.3) is 0 Å². The standard InChI is InChI=1S/C20H27ClN2O2.2ClH/c1-3-24-19-11-6-9-16(14-23-13-7-12-22-2)20(19)25-15-17-8-4-5-10-18(17)21;;/h4-6,8-11,22-23H,3,7,12-15H2,1-2H3;2*1H. The van der Waals surface area contributed by atoms with E-state index in [-0.39, 0.29) is 24.8 Å².